The van der Waals surface area contributed by atoms with Gasteiger partial charge in [-0.2, -0.15) is 0 Å². The Morgan fingerprint density at radius 3 is 2.84 bits per heavy atom. The molecule has 1 heterocycles. The van der Waals surface area contributed by atoms with Crippen LogP contribution >= 0.6 is 0 Å². The molecule has 0 radical (unpaired) electrons. The molecule has 2 aliphatic rings. The van der Waals surface area contributed by atoms with E-state index in [9.17, 15) is 9.90 Å². The lowest BCUT2D eigenvalue weighted by atomic mass is 9.97. The van der Waals surface area contributed by atoms with Gasteiger partial charge in [0.2, 0.25) is 0 Å². The van der Waals surface area contributed by atoms with Gasteiger partial charge in [0.25, 0.3) is 0 Å². The van der Waals surface area contributed by atoms with Crippen LogP contribution in [0.2, 0.25) is 0 Å². The number of hydrogen-bond acceptors (Lipinski definition) is 3. The smallest absolute Gasteiger partial charge is 0.335 e. The zero-order chi connectivity index (χ0) is 13.4. The first-order valence-corrected chi connectivity index (χ1v) is 6.05. The average molecular weight is 255 g/mol. The number of aliphatic carboxylic acids is 1. The maximum Gasteiger partial charge on any atom is 0.335 e. The SMILES string of the molecule is O=C(O)C1=CCC2=Cc3ccccc3C(O)NC2=C1. The molecule has 19 heavy (non-hydrogen) atoms. The largest absolute Gasteiger partial charge is 0.478 e. The van der Waals surface area contributed by atoms with Gasteiger partial charge >= 0.3 is 5.97 Å². The molecule has 3 N–H and O–H groups in total. The maximum absolute atomic E-state index is 11.0. The Morgan fingerprint density at radius 2 is 2.05 bits per heavy atom. The fourth-order valence-corrected chi connectivity index (χ4v) is 2.36. The van der Waals surface area contributed by atoms with E-state index in [1.807, 2.05) is 30.3 Å². The number of aliphatic hydroxyl groups excluding tert-OH is 1. The number of allylic oxidation sites excluding steroid dienone is 2. The Kier molecular flexibility index (Phi) is 2.72. The van der Waals surface area contributed by atoms with Gasteiger partial charge in [-0.15, -0.1) is 0 Å². The summed E-state index contributed by atoms with van der Waals surface area (Å²) in [6.07, 6.45) is 4.94. The third-order valence-electron chi connectivity index (χ3n) is 3.35. The summed E-state index contributed by atoms with van der Waals surface area (Å²) in [5.74, 6) is -0.954. The lowest BCUT2D eigenvalue weighted by Crippen LogP contribution is -2.22. The number of fused-ring (bicyclic) bond motifs is 2. The lowest BCUT2D eigenvalue weighted by Gasteiger charge is -2.19. The van der Waals surface area contributed by atoms with Gasteiger partial charge in [0.1, 0.15) is 0 Å². The zero-order valence-electron chi connectivity index (χ0n) is 10.1. The first kappa shape index (κ1) is 11.7. The minimum Gasteiger partial charge on any atom is -0.478 e. The molecule has 1 unspecified atom stereocenters. The highest BCUT2D eigenvalue weighted by molar-refractivity contribution is 5.91. The van der Waals surface area contributed by atoms with Gasteiger partial charge < -0.3 is 15.5 Å². The molecule has 1 aromatic carbocycles. The van der Waals surface area contributed by atoms with Crippen molar-refractivity contribution in [2.24, 2.45) is 0 Å². The molecule has 0 saturated carbocycles. The molecule has 0 aromatic heterocycles. The molecule has 3 rings (SSSR count). The van der Waals surface area contributed by atoms with E-state index in [4.69, 9.17) is 5.11 Å². The second-order valence-corrected chi connectivity index (χ2v) is 4.57. The number of nitrogens with one attached hydrogen (secondary N) is 1. The summed E-state index contributed by atoms with van der Waals surface area (Å²) in [5, 5.41) is 22.1. The number of aliphatic hydroxyl groups is 1. The summed E-state index contributed by atoms with van der Waals surface area (Å²) in [7, 11) is 0. The van der Waals surface area contributed by atoms with Crippen molar-refractivity contribution in [3.05, 3.63) is 64.4 Å². The topological polar surface area (TPSA) is 69.6 Å². The van der Waals surface area contributed by atoms with E-state index >= 15 is 0 Å². The van der Waals surface area contributed by atoms with Crippen LogP contribution in [0.5, 0.6) is 0 Å². The Bertz CT molecular complexity index is 641. The number of carboxylic acid groups (broad SMARTS) is 1. The maximum atomic E-state index is 11.0. The van der Waals surface area contributed by atoms with Gasteiger partial charge in [-0.1, -0.05) is 30.3 Å². The first-order chi connectivity index (χ1) is 9.15. The Hall–Kier alpha value is -2.33. The van der Waals surface area contributed by atoms with E-state index in [0.29, 0.717) is 12.1 Å². The van der Waals surface area contributed by atoms with Crippen molar-refractivity contribution in [2.45, 2.75) is 12.6 Å². The third kappa shape index (κ3) is 2.06. The van der Waals surface area contributed by atoms with Gasteiger partial charge in [-0.05, 0) is 29.7 Å². The zero-order valence-corrected chi connectivity index (χ0v) is 10.1. The van der Waals surface area contributed by atoms with Crippen LogP contribution in [0, 0.1) is 0 Å². The lowest BCUT2D eigenvalue weighted by molar-refractivity contribution is -0.132. The number of benzene rings is 1. The van der Waals surface area contributed by atoms with E-state index in [1.165, 1.54) is 0 Å². The molecule has 0 saturated heterocycles. The van der Waals surface area contributed by atoms with E-state index in [1.54, 1.807) is 12.2 Å². The van der Waals surface area contributed by atoms with E-state index in [2.05, 4.69) is 5.32 Å². The Labute approximate surface area is 110 Å². The van der Waals surface area contributed by atoms with E-state index in [-0.39, 0.29) is 5.57 Å². The molecule has 0 spiro atoms. The average Bonchev–Trinajstić information content (AvgIpc) is 2.54. The van der Waals surface area contributed by atoms with E-state index in [0.717, 1.165) is 16.7 Å². The third-order valence-corrected chi connectivity index (χ3v) is 3.35. The van der Waals surface area contributed by atoms with Crippen LogP contribution < -0.4 is 5.32 Å². The highest BCUT2D eigenvalue weighted by atomic mass is 16.4. The van der Waals surface area contributed by atoms with Gasteiger partial charge in [-0.3, -0.25) is 0 Å². The van der Waals surface area contributed by atoms with Crippen molar-refractivity contribution >= 4 is 12.0 Å². The van der Waals surface area contributed by atoms with Gasteiger partial charge in [0.15, 0.2) is 6.23 Å². The molecular formula is C15H13NO3. The molecule has 0 bridgehead atoms. The van der Waals surface area contributed by atoms with Crippen LogP contribution in [0.25, 0.3) is 6.08 Å². The van der Waals surface area contributed by atoms with Gasteiger partial charge in [0.05, 0.1) is 5.57 Å². The fourth-order valence-electron chi connectivity index (χ4n) is 2.36. The number of carbonyl (C=O) groups is 1. The van der Waals surface area contributed by atoms with Crippen molar-refractivity contribution < 1.29 is 15.0 Å². The van der Waals surface area contributed by atoms with Crippen molar-refractivity contribution in [3.63, 3.8) is 0 Å². The molecule has 0 amide bonds. The summed E-state index contributed by atoms with van der Waals surface area (Å²) in [6.45, 7) is 0. The predicted octanol–water partition coefficient (Wildman–Crippen LogP) is 1.96. The number of hydrogen-bond donors (Lipinski definition) is 3. The van der Waals surface area contributed by atoms with Crippen LogP contribution in [0.1, 0.15) is 23.8 Å². The van der Waals surface area contributed by atoms with Crippen LogP contribution in [0.4, 0.5) is 0 Å². The van der Waals surface area contributed by atoms with Crippen LogP contribution in [-0.4, -0.2) is 16.2 Å². The van der Waals surface area contributed by atoms with Crippen LogP contribution in [-0.2, 0) is 4.79 Å². The van der Waals surface area contributed by atoms with Crippen molar-refractivity contribution in [2.75, 3.05) is 0 Å². The first-order valence-electron chi connectivity index (χ1n) is 6.05. The quantitative estimate of drug-likeness (QED) is 0.717. The van der Waals surface area contributed by atoms with Crippen molar-refractivity contribution in [1.29, 1.82) is 0 Å². The summed E-state index contributed by atoms with van der Waals surface area (Å²) < 4.78 is 0. The molecule has 1 aliphatic carbocycles. The van der Waals surface area contributed by atoms with Crippen molar-refractivity contribution in [1.82, 2.24) is 5.32 Å². The number of carboxylic acids is 1. The monoisotopic (exact) mass is 255 g/mol. The standard InChI is InChI=1S/C15H13NO3/c17-14-12-4-2-1-3-9(12)7-10-5-6-11(15(18)19)8-13(10)16-14/h1-4,6-8,14,16-17H,5H2,(H,18,19). The molecule has 96 valence electrons. The highest BCUT2D eigenvalue weighted by Crippen LogP contribution is 2.31. The van der Waals surface area contributed by atoms with Gasteiger partial charge in [0, 0.05) is 11.3 Å². The molecule has 1 aliphatic heterocycles. The van der Waals surface area contributed by atoms with Crippen LogP contribution in [0.15, 0.2) is 53.3 Å². The van der Waals surface area contributed by atoms with Crippen LogP contribution in [0.3, 0.4) is 0 Å². The van der Waals surface area contributed by atoms with E-state index < -0.39 is 12.2 Å². The molecular weight excluding hydrogens is 242 g/mol. The normalized spacial score (nSPS) is 20.9. The molecule has 4 nitrogen and oxygen atoms in total. The minimum atomic E-state index is -0.954. The Morgan fingerprint density at radius 1 is 1.26 bits per heavy atom. The van der Waals surface area contributed by atoms with Crippen molar-refractivity contribution in [3.8, 4) is 0 Å². The van der Waals surface area contributed by atoms with Gasteiger partial charge in [-0.25, -0.2) is 4.79 Å². The Balaban J connectivity index is 2.06. The highest BCUT2D eigenvalue weighted by Gasteiger charge is 2.22. The predicted molar refractivity (Wildman–Crippen MR) is 70.9 cm³/mol. The summed E-state index contributed by atoms with van der Waals surface area (Å²) in [4.78, 5) is 11.0. The second kappa shape index (κ2) is 4.40. The molecule has 0 fully saturated rings. The fraction of sp³-hybridized carbons (Fsp3) is 0.133. The molecule has 1 aromatic rings. The molecule has 4 heteroatoms. The number of rotatable bonds is 1. The summed E-state index contributed by atoms with van der Waals surface area (Å²) in [5.41, 5.74) is 3.64. The second-order valence-electron chi connectivity index (χ2n) is 4.57. The molecule has 1 atom stereocenters. The summed E-state index contributed by atoms with van der Waals surface area (Å²) >= 11 is 0. The minimum absolute atomic E-state index is 0.248. The summed E-state index contributed by atoms with van der Waals surface area (Å²) in [6, 6.07) is 7.57.